The van der Waals surface area contributed by atoms with E-state index >= 15 is 0 Å². The van der Waals surface area contributed by atoms with Gasteiger partial charge in [-0.3, -0.25) is 4.79 Å². The lowest BCUT2D eigenvalue weighted by Crippen LogP contribution is -2.28. The van der Waals surface area contributed by atoms with E-state index in [1.807, 2.05) is 6.07 Å². The van der Waals surface area contributed by atoms with Crippen LogP contribution >= 0.6 is 23.2 Å². The molecule has 2 aromatic carbocycles. The van der Waals surface area contributed by atoms with Gasteiger partial charge in [0.2, 0.25) is 0 Å². The molecule has 1 N–H and O–H groups in total. The number of halogens is 2. The summed E-state index contributed by atoms with van der Waals surface area (Å²) in [7, 11) is 0. The van der Waals surface area contributed by atoms with Crippen molar-refractivity contribution in [2.75, 3.05) is 6.61 Å². The van der Waals surface area contributed by atoms with E-state index in [-0.39, 0.29) is 6.61 Å². The van der Waals surface area contributed by atoms with E-state index in [1.54, 1.807) is 48.5 Å². The second-order valence-electron chi connectivity index (χ2n) is 5.52. The minimum Gasteiger partial charge on any atom is -0.452 e. The molecule has 3 aromatic rings. The Labute approximate surface area is 159 Å². The lowest BCUT2D eigenvalue weighted by Gasteiger charge is -2.07. The number of esters is 1. The van der Waals surface area contributed by atoms with E-state index in [0.717, 1.165) is 10.9 Å². The summed E-state index contributed by atoms with van der Waals surface area (Å²) in [6.45, 7) is -0.0599. The highest BCUT2D eigenvalue weighted by molar-refractivity contribution is 6.30. The van der Waals surface area contributed by atoms with Crippen molar-refractivity contribution in [2.24, 2.45) is 0 Å². The standard InChI is InChI=1S/C19H14Cl2N2O3/c20-15-3-1-2-12(8-15)10-22-18(24)11-26-19(25)14-4-6-16-13(9-14)5-7-17(21)23-16/h1-9H,10-11H2,(H,22,24). The maximum Gasteiger partial charge on any atom is 0.338 e. The van der Waals surface area contributed by atoms with Gasteiger partial charge in [0.25, 0.3) is 5.91 Å². The third kappa shape index (κ3) is 4.71. The van der Waals surface area contributed by atoms with Crippen molar-refractivity contribution in [2.45, 2.75) is 6.54 Å². The molecule has 1 heterocycles. The zero-order valence-corrected chi connectivity index (χ0v) is 15.1. The van der Waals surface area contributed by atoms with E-state index in [0.29, 0.717) is 27.8 Å². The Morgan fingerprint density at radius 1 is 1.04 bits per heavy atom. The van der Waals surface area contributed by atoms with Gasteiger partial charge in [0, 0.05) is 17.0 Å². The number of carbonyl (C=O) groups excluding carboxylic acids is 2. The molecule has 0 saturated heterocycles. The summed E-state index contributed by atoms with van der Waals surface area (Å²) in [6, 6.07) is 15.4. The average Bonchev–Trinajstić information content (AvgIpc) is 2.64. The first-order valence-electron chi connectivity index (χ1n) is 7.76. The molecule has 0 spiro atoms. The number of carbonyl (C=O) groups is 2. The average molecular weight is 389 g/mol. The third-order valence-electron chi connectivity index (χ3n) is 3.60. The molecule has 0 bridgehead atoms. The van der Waals surface area contributed by atoms with E-state index in [4.69, 9.17) is 27.9 Å². The monoisotopic (exact) mass is 388 g/mol. The predicted molar refractivity (Wildman–Crippen MR) is 100 cm³/mol. The van der Waals surface area contributed by atoms with E-state index in [1.165, 1.54) is 0 Å². The number of ether oxygens (including phenoxy) is 1. The first-order chi connectivity index (χ1) is 12.5. The lowest BCUT2D eigenvalue weighted by atomic mass is 10.1. The van der Waals surface area contributed by atoms with Gasteiger partial charge in [-0.2, -0.15) is 0 Å². The summed E-state index contributed by atoms with van der Waals surface area (Å²) in [5, 5.41) is 4.40. The molecule has 0 saturated carbocycles. The quantitative estimate of drug-likeness (QED) is 0.529. The number of amides is 1. The molecule has 0 fully saturated rings. The van der Waals surface area contributed by atoms with Gasteiger partial charge in [-0.1, -0.05) is 35.3 Å². The molecule has 0 unspecified atom stereocenters. The van der Waals surface area contributed by atoms with Crippen molar-refractivity contribution in [3.05, 3.63) is 75.9 Å². The maximum atomic E-state index is 12.1. The molecule has 0 radical (unpaired) electrons. The number of pyridine rings is 1. The molecular weight excluding hydrogens is 375 g/mol. The second kappa shape index (κ2) is 8.17. The molecule has 1 aromatic heterocycles. The fraction of sp³-hybridized carbons (Fsp3) is 0.105. The Kier molecular flexibility index (Phi) is 5.71. The normalized spacial score (nSPS) is 10.5. The van der Waals surface area contributed by atoms with Crippen LogP contribution in [-0.2, 0) is 16.1 Å². The smallest absolute Gasteiger partial charge is 0.338 e. The summed E-state index contributed by atoms with van der Waals surface area (Å²) in [5.74, 6) is -0.979. The van der Waals surface area contributed by atoms with Gasteiger partial charge >= 0.3 is 5.97 Å². The highest BCUT2D eigenvalue weighted by Gasteiger charge is 2.11. The lowest BCUT2D eigenvalue weighted by molar-refractivity contribution is -0.124. The van der Waals surface area contributed by atoms with Crippen molar-refractivity contribution < 1.29 is 14.3 Å². The Morgan fingerprint density at radius 2 is 1.88 bits per heavy atom. The third-order valence-corrected chi connectivity index (χ3v) is 4.05. The van der Waals surface area contributed by atoms with Gasteiger partial charge in [-0.15, -0.1) is 0 Å². The van der Waals surface area contributed by atoms with Crippen LogP contribution in [0.1, 0.15) is 15.9 Å². The van der Waals surface area contributed by atoms with Crippen LogP contribution in [0.5, 0.6) is 0 Å². The number of nitrogens with one attached hydrogen (secondary N) is 1. The van der Waals surface area contributed by atoms with Crippen LogP contribution in [0.2, 0.25) is 10.2 Å². The van der Waals surface area contributed by atoms with E-state index in [9.17, 15) is 9.59 Å². The summed E-state index contributed by atoms with van der Waals surface area (Å²) in [4.78, 5) is 28.1. The van der Waals surface area contributed by atoms with Crippen LogP contribution in [0.4, 0.5) is 0 Å². The van der Waals surface area contributed by atoms with Gasteiger partial charge in [0.05, 0.1) is 11.1 Å². The van der Waals surface area contributed by atoms with Gasteiger partial charge < -0.3 is 10.1 Å². The van der Waals surface area contributed by atoms with Crippen molar-refractivity contribution in [1.82, 2.24) is 10.3 Å². The van der Waals surface area contributed by atoms with E-state index in [2.05, 4.69) is 10.3 Å². The fourth-order valence-electron chi connectivity index (χ4n) is 2.34. The van der Waals surface area contributed by atoms with Crippen LogP contribution in [-0.4, -0.2) is 23.5 Å². The molecule has 5 nitrogen and oxygen atoms in total. The molecule has 0 atom stereocenters. The molecule has 0 aliphatic heterocycles. The minimum atomic E-state index is -0.584. The highest BCUT2D eigenvalue weighted by atomic mass is 35.5. The summed E-state index contributed by atoms with van der Waals surface area (Å²) in [6.07, 6.45) is 0. The molecule has 0 aliphatic rings. The SMILES string of the molecule is O=C(COC(=O)c1ccc2nc(Cl)ccc2c1)NCc1cccc(Cl)c1. The maximum absolute atomic E-state index is 12.1. The number of aromatic nitrogens is 1. The second-order valence-corrected chi connectivity index (χ2v) is 6.35. The number of hydrogen-bond acceptors (Lipinski definition) is 4. The Bertz CT molecular complexity index is 976. The Morgan fingerprint density at radius 3 is 2.69 bits per heavy atom. The van der Waals surface area contributed by atoms with Crippen LogP contribution in [0, 0.1) is 0 Å². The first-order valence-corrected chi connectivity index (χ1v) is 8.51. The fourth-order valence-corrected chi connectivity index (χ4v) is 2.71. The molecule has 132 valence electrons. The number of hydrogen-bond donors (Lipinski definition) is 1. The number of fused-ring (bicyclic) bond motifs is 1. The molecule has 1 amide bonds. The largest absolute Gasteiger partial charge is 0.452 e. The van der Waals surface area contributed by atoms with Gasteiger partial charge in [0.1, 0.15) is 5.15 Å². The van der Waals surface area contributed by atoms with Crippen molar-refractivity contribution in [1.29, 1.82) is 0 Å². The number of rotatable bonds is 5. The van der Waals surface area contributed by atoms with Gasteiger partial charge in [-0.05, 0) is 48.0 Å². The Balaban J connectivity index is 1.54. The van der Waals surface area contributed by atoms with Gasteiger partial charge in [-0.25, -0.2) is 9.78 Å². The van der Waals surface area contributed by atoms with Crippen LogP contribution in [0.25, 0.3) is 10.9 Å². The zero-order valence-electron chi connectivity index (χ0n) is 13.5. The molecule has 3 rings (SSSR count). The van der Waals surface area contributed by atoms with Crippen LogP contribution in [0.3, 0.4) is 0 Å². The molecular formula is C19H14Cl2N2O3. The first kappa shape index (κ1) is 18.2. The molecule has 7 heteroatoms. The highest BCUT2D eigenvalue weighted by Crippen LogP contribution is 2.17. The summed E-state index contributed by atoms with van der Waals surface area (Å²) in [5.41, 5.74) is 1.87. The summed E-state index contributed by atoms with van der Waals surface area (Å²) >= 11 is 11.7. The minimum absolute atomic E-state index is 0.305. The van der Waals surface area contributed by atoms with Crippen LogP contribution < -0.4 is 5.32 Å². The molecule has 26 heavy (non-hydrogen) atoms. The zero-order chi connectivity index (χ0) is 18.5. The summed E-state index contributed by atoms with van der Waals surface area (Å²) < 4.78 is 5.05. The van der Waals surface area contributed by atoms with Crippen molar-refractivity contribution in [3.63, 3.8) is 0 Å². The van der Waals surface area contributed by atoms with E-state index < -0.39 is 11.9 Å². The number of nitrogens with zero attached hydrogens (tertiary/aromatic N) is 1. The Hall–Kier alpha value is -2.63. The van der Waals surface area contributed by atoms with Crippen molar-refractivity contribution >= 4 is 46.0 Å². The molecule has 0 aliphatic carbocycles. The van der Waals surface area contributed by atoms with Gasteiger partial charge in [0.15, 0.2) is 6.61 Å². The predicted octanol–water partition coefficient (Wildman–Crippen LogP) is 4.01. The topological polar surface area (TPSA) is 68.3 Å². The van der Waals surface area contributed by atoms with Crippen molar-refractivity contribution in [3.8, 4) is 0 Å². The van der Waals surface area contributed by atoms with Crippen LogP contribution in [0.15, 0.2) is 54.6 Å². The number of benzene rings is 2.